The maximum Gasteiger partial charge on any atom is 0.232 e. The Kier molecular flexibility index (Phi) is 5.19. The second-order valence-electron chi connectivity index (χ2n) is 8.09. The number of aromatic hydroxyl groups is 1. The number of anilines is 1. The molecule has 1 aromatic heterocycles. The number of phenolic OH excluding ortho intramolecular Hbond substituents is 1. The first-order chi connectivity index (χ1) is 15.5. The summed E-state index contributed by atoms with van der Waals surface area (Å²) < 4.78 is 24.5. The van der Waals surface area contributed by atoms with Crippen LogP contribution in [0.5, 0.6) is 11.5 Å². The summed E-state index contributed by atoms with van der Waals surface area (Å²) >= 11 is 0. The zero-order valence-corrected chi connectivity index (χ0v) is 17.7. The lowest BCUT2D eigenvalue weighted by Crippen LogP contribution is -2.46. The number of phenols is 1. The van der Waals surface area contributed by atoms with Crippen molar-refractivity contribution < 1.29 is 23.4 Å². The van der Waals surface area contributed by atoms with Crippen LogP contribution in [0.4, 0.5) is 10.1 Å². The highest BCUT2D eigenvalue weighted by Crippen LogP contribution is 2.42. The van der Waals surface area contributed by atoms with E-state index in [-0.39, 0.29) is 23.1 Å². The average molecular weight is 434 g/mol. The summed E-state index contributed by atoms with van der Waals surface area (Å²) in [6.45, 7) is 5.35. The number of aryl methyl sites for hydroxylation is 1. The van der Waals surface area contributed by atoms with Crippen LogP contribution in [0.15, 0.2) is 58.9 Å². The van der Waals surface area contributed by atoms with Crippen molar-refractivity contribution in [1.82, 2.24) is 4.90 Å². The molecule has 3 heterocycles. The van der Waals surface area contributed by atoms with Crippen LogP contribution in [0.3, 0.4) is 0 Å². The molecule has 7 heteroatoms. The molecular formula is C25H23FN2O4. The standard InChI is InChI=1S/C25H23FN2O4/c1-16-13-21(29)20(25-23(16)24(30)22(32-25)14-19-3-2-12-31-19)15-27-8-10-28(11-9-27)18-6-4-17(26)5-7-18/h2-7,12-14,29H,8-11,15H2,1H3/b22-14-. The third-order valence-electron chi connectivity index (χ3n) is 5.98. The van der Waals surface area contributed by atoms with E-state index in [0.29, 0.717) is 34.7 Å². The van der Waals surface area contributed by atoms with Crippen molar-refractivity contribution in [2.24, 2.45) is 0 Å². The number of carbonyl (C=O) groups excluding carboxylic acids is 1. The molecule has 0 saturated carbocycles. The summed E-state index contributed by atoms with van der Waals surface area (Å²) in [5, 5.41) is 10.7. The fourth-order valence-electron chi connectivity index (χ4n) is 4.28. The van der Waals surface area contributed by atoms with Crippen molar-refractivity contribution >= 4 is 17.5 Å². The highest BCUT2D eigenvalue weighted by atomic mass is 19.1. The minimum atomic E-state index is -0.244. The summed E-state index contributed by atoms with van der Waals surface area (Å²) in [5.41, 5.74) is 2.76. The second kappa shape index (κ2) is 8.16. The molecule has 32 heavy (non-hydrogen) atoms. The van der Waals surface area contributed by atoms with Gasteiger partial charge in [-0.1, -0.05) is 0 Å². The Morgan fingerprint density at radius 1 is 1.12 bits per heavy atom. The van der Waals surface area contributed by atoms with Crippen LogP contribution in [0.1, 0.15) is 27.2 Å². The Morgan fingerprint density at radius 2 is 1.88 bits per heavy atom. The van der Waals surface area contributed by atoms with E-state index in [0.717, 1.165) is 31.9 Å². The lowest BCUT2D eigenvalue weighted by molar-refractivity contribution is 0.101. The number of hydrogen-bond acceptors (Lipinski definition) is 6. The predicted octanol–water partition coefficient (Wildman–Crippen LogP) is 4.37. The number of rotatable bonds is 4. The summed E-state index contributed by atoms with van der Waals surface area (Å²) in [5.74, 6) is 0.801. The number of fused-ring (bicyclic) bond motifs is 1. The van der Waals surface area contributed by atoms with Gasteiger partial charge in [0, 0.05) is 44.5 Å². The molecule has 1 N–H and O–H groups in total. The Hall–Kier alpha value is -3.58. The van der Waals surface area contributed by atoms with Crippen molar-refractivity contribution in [3.8, 4) is 11.5 Å². The molecule has 0 radical (unpaired) electrons. The summed E-state index contributed by atoms with van der Waals surface area (Å²) in [7, 11) is 0. The number of benzene rings is 2. The number of allylic oxidation sites excluding steroid dienone is 1. The lowest BCUT2D eigenvalue weighted by Gasteiger charge is -2.36. The van der Waals surface area contributed by atoms with Crippen LogP contribution in [0.25, 0.3) is 6.08 Å². The minimum Gasteiger partial charge on any atom is -0.507 e. The largest absolute Gasteiger partial charge is 0.507 e. The first kappa shape index (κ1) is 20.3. The number of nitrogens with zero attached hydrogens (tertiary/aromatic N) is 2. The van der Waals surface area contributed by atoms with E-state index in [2.05, 4.69) is 9.80 Å². The van der Waals surface area contributed by atoms with Crippen LogP contribution < -0.4 is 9.64 Å². The van der Waals surface area contributed by atoms with E-state index in [4.69, 9.17) is 9.15 Å². The fourth-order valence-corrected chi connectivity index (χ4v) is 4.28. The first-order valence-corrected chi connectivity index (χ1v) is 10.6. The molecule has 5 rings (SSSR count). The van der Waals surface area contributed by atoms with E-state index >= 15 is 0 Å². The van der Waals surface area contributed by atoms with Crippen molar-refractivity contribution in [3.05, 3.63) is 82.8 Å². The molecular weight excluding hydrogens is 411 g/mol. The maximum atomic E-state index is 13.2. The zero-order chi connectivity index (χ0) is 22.2. The van der Waals surface area contributed by atoms with Crippen molar-refractivity contribution in [2.45, 2.75) is 13.5 Å². The number of furan rings is 1. The van der Waals surface area contributed by atoms with Crippen LogP contribution in [0, 0.1) is 12.7 Å². The van der Waals surface area contributed by atoms with Gasteiger partial charge in [-0.15, -0.1) is 0 Å². The Morgan fingerprint density at radius 3 is 2.56 bits per heavy atom. The highest BCUT2D eigenvalue weighted by molar-refractivity contribution is 6.15. The normalized spacial score (nSPS) is 17.6. The number of carbonyl (C=O) groups is 1. The molecule has 0 spiro atoms. The molecule has 0 amide bonds. The molecule has 0 unspecified atom stereocenters. The van der Waals surface area contributed by atoms with Crippen LogP contribution in [-0.2, 0) is 6.54 Å². The number of Topliss-reactive ketones (excluding diaryl/α,β-unsaturated/α-hetero) is 1. The minimum absolute atomic E-state index is 0.120. The van der Waals surface area contributed by atoms with Gasteiger partial charge in [0.05, 0.1) is 17.4 Å². The zero-order valence-electron chi connectivity index (χ0n) is 17.7. The van der Waals surface area contributed by atoms with Gasteiger partial charge in [0.25, 0.3) is 0 Å². The molecule has 1 saturated heterocycles. The van der Waals surface area contributed by atoms with Crippen molar-refractivity contribution in [1.29, 1.82) is 0 Å². The molecule has 0 aliphatic carbocycles. The van der Waals surface area contributed by atoms with Crippen LogP contribution in [0.2, 0.25) is 0 Å². The van der Waals surface area contributed by atoms with Crippen LogP contribution >= 0.6 is 0 Å². The van der Waals surface area contributed by atoms with Crippen molar-refractivity contribution in [2.75, 3.05) is 31.1 Å². The first-order valence-electron chi connectivity index (χ1n) is 10.6. The van der Waals surface area contributed by atoms with Gasteiger partial charge in [0.15, 0.2) is 5.76 Å². The third kappa shape index (κ3) is 3.76. The van der Waals surface area contributed by atoms with E-state index in [1.165, 1.54) is 18.4 Å². The molecule has 3 aromatic rings. The van der Waals surface area contributed by atoms with Gasteiger partial charge < -0.3 is 19.2 Å². The number of piperazine rings is 1. The number of ketones is 1. The van der Waals surface area contributed by atoms with E-state index in [1.54, 1.807) is 43.3 Å². The molecule has 1 fully saturated rings. The quantitative estimate of drug-likeness (QED) is 0.615. The summed E-state index contributed by atoms with van der Waals surface area (Å²) in [6, 6.07) is 11.6. The SMILES string of the molecule is Cc1cc(O)c(CN2CCN(c3ccc(F)cc3)CC2)c2c1C(=O)/C(=C/c1ccco1)O2. The van der Waals surface area contributed by atoms with E-state index in [9.17, 15) is 14.3 Å². The van der Waals surface area contributed by atoms with Gasteiger partial charge in [-0.3, -0.25) is 9.69 Å². The van der Waals surface area contributed by atoms with Crippen LogP contribution in [-0.4, -0.2) is 42.0 Å². The summed E-state index contributed by atoms with van der Waals surface area (Å²) in [4.78, 5) is 17.4. The van der Waals surface area contributed by atoms with Gasteiger partial charge >= 0.3 is 0 Å². The van der Waals surface area contributed by atoms with Gasteiger partial charge in [0.2, 0.25) is 5.78 Å². The second-order valence-corrected chi connectivity index (χ2v) is 8.09. The maximum absolute atomic E-state index is 13.2. The van der Waals surface area contributed by atoms with Crippen molar-refractivity contribution in [3.63, 3.8) is 0 Å². The highest BCUT2D eigenvalue weighted by Gasteiger charge is 2.34. The number of hydrogen-bond donors (Lipinski definition) is 1. The lowest BCUT2D eigenvalue weighted by atomic mass is 9.99. The number of ether oxygens (including phenoxy) is 1. The third-order valence-corrected chi connectivity index (χ3v) is 5.98. The van der Waals surface area contributed by atoms with Gasteiger partial charge in [0.1, 0.15) is 23.1 Å². The average Bonchev–Trinajstić information content (AvgIpc) is 3.41. The Balaban J connectivity index is 1.35. The molecule has 0 atom stereocenters. The molecule has 164 valence electrons. The van der Waals surface area contributed by atoms with Gasteiger partial charge in [-0.2, -0.15) is 0 Å². The Labute approximate surface area is 185 Å². The fraction of sp³-hybridized carbons (Fsp3) is 0.240. The number of halogens is 1. The summed E-state index contributed by atoms with van der Waals surface area (Å²) in [6.07, 6.45) is 3.11. The van der Waals surface area contributed by atoms with Gasteiger partial charge in [-0.05, 0) is 55.0 Å². The van der Waals surface area contributed by atoms with E-state index in [1.807, 2.05) is 0 Å². The molecule has 6 nitrogen and oxygen atoms in total. The predicted molar refractivity (Wildman–Crippen MR) is 118 cm³/mol. The Bertz CT molecular complexity index is 1180. The smallest absolute Gasteiger partial charge is 0.232 e. The molecule has 2 aromatic carbocycles. The molecule has 2 aliphatic rings. The molecule has 0 bridgehead atoms. The van der Waals surface area contributed by atoms with Gasteiger partial charge in [-0.25, -0.2) is 4.39 Å². The topological polar surface area (TPSA) is 66.2 Å². The van der Waals surface area contributed by atoms with E-state index < -0.39 is 0 Å². The monoisotopic (exact) mass is 434 g/mol. The molecule has 2 aliphatic heterocycles.